The zero-order valence-electron chi connectivity index (χ0n) is 14.0. The molecule has 2 aliphatic rings. The molecule has 0 bridgehead atoms. The number of hydrogen-bond acceptors (Lipinski definition) is 4. The third kappa shape index (κ3) is 3.46. The van der Waals surface area contributed by atoms with E-state index < -0.39 is 0 Å². The highest BCUT2D eigenvalue weighted by atomic mass is 16.3. The second-order valence-corrected chi connectivity index (χ2v) is 7.12. The van der Waals surface area contributed by atoms with E-state index in [1.165, 1.54) is 12.8 Å². The summed E-state index contributed by atoms with van der Waals surface area (Å²) >= 11 is 0. The molecule has 0 radical (unpaired) electrons. The highest BCUT2D eigenvalue weighted by Crippen LogP contribution is 2.29. The first-order chi connectivity index (χ1) is 11.8. The molecule has 1 aliphatic heterocycles. The number of carbonyl (C=O) groups excluding carboxylic acids is 1. The molecule has 2 fully saturated rings. The molecule has 24 heavy (non-hydrogen) atoms. The fourth-order valence-corrected chi connectivity index (χ4v) is 3.95. The monoisotopic (exact) mass is 327 g/mol. The number of para-hydroxylation sites is 2. The molecule has 5 nitrogen and oxygen atoms in total. The van der Waals surface area contributed by atoms with Gasteiger partial charge in [-0.3, -0.25) is 9.69 Å². The zero-order valence-corrected chi connectivity index (χ0v) is 14.0. The Morgan fingerprint density at radius 3 is 2.67 bits per heavy atom. The topological polar surface area (TPSA) is 58.4 Å². The van der Waals surface area contributed by atoms with Crippen molar-refractivity contribution in [3.05, 3.63) is 30.2 Å². The van der Waals surface area contributed by atoms with Gasteiger partial charge in [-0.25, -0.2) is 4.98 Å². The van der Waals surface area contributed by atoms with Crippen molar-refractivity contribution in [2.75, 3.05) is 19.6 Å². The molecule has 4 rings (SSSR count). The molecule has 5 heteroatoms. The van der Waals surface area contributed by atoms with E-state index in [4.69, 9.17) is 4.42 Å². The van der Waals surface area contributed by atoms with Crippen molar-refractivity contribution in [1.29, 1.82) is 0 Å². The van der Waals surface area contributed by atoms with E-state index in [9.17, 15) is 4.79 Å². The van der Waals surface area contributed by atoms with Crippen molar-refractivity contribution < 1.29 is 9.21 Å². The number of hydrogen-bond donors (Lipinski definition) is 1. The summed E-state index contributed by atoms with van der Waals surface area (Å²) < 4.78 is 5.90. The van der Waals surface area contributed by atoms with Crippen LogP contribution in [-0.4, -0.2) is 41.5 Å². The first-order valence-corrected chi connectivity index (χ1v) is 9.15. The van der Waals surface area contributed by atoms with E-state index in [0.29, 0.717) is 18.5 Å². The average molecular weight is 327 g/mol. The standard InChI is InChI=1S/C19H25N3O2/c23-18(20-15-5-1-2-6-15)13-22-11-9-14(10-12-22)19-21-16-7-3-4-8-17(16)24-19/h3-4,7-8,14-15H,1-2,5-6,9-13H2,(H,20,23). The summed E-state index contributed by atoms with van der Waals surface area (Å²) in [6.07, 6.45) is 6.80. The van der Waals surface area contributed by atoms with Gasteiger partial charge in [0.05, 0.1) is 6.54 Å². The third-order valence-electron chi connectivity index (χ3n) is 5.33. The lowest BCUT2D eigenvalue weighted by molar-refractivity contribution is -0.123. The number of nitrogens with zero attached hydrogens (tertiary/aromatic N) is 2. The van der Waals surface area contributed by atoms with E-state index in [-0.39, 0.29) is 5.91 Å². The summed E-state index contributed by atoms with van der Waals surface area (Å²) in [5.74, 6) is 1.40. The van der Waals surface area contributed by atoms with E-state index in [1.807, 2.05) is 24.3 Å². The minimum absolute atomic E-state index is 0.183. The highest BCUT2D eigenvalue weighted by molar-refractivity contribution is 5.78. The lowest BCUT2D eigenvalue weighted by Crippen LogP contribution is -2.43. The Hall–Kier alpha value is -1.88. The number of benzene rings is 1. The summed E-state index contributed by atoms with van der Waals surface area (Å²) in [4.78, 5) is 19.0. The van der Waals surface area contributed by atoms with Crippen LogP contribution >= 0.6 is 0 Å². The molecule has 128 valence electrons. The number of nitrogens with one attached hydrogen (secondary N) is 1. The van der Waals surface area contributed by atoms with Gasteiger partial charge in [0.25, 0.3) is 0 Å². The smallest absolute Gasteiger partial charge is 0.234 e. The number of carbonyl (C=O) groups is 1. The van der Waals surface area contributed by atoms with Gasteiger partial charge in [0.1, 0.15) is 5.52 Å². The molecular weight excluding hydrogens is 302 g/mol. The van der Waals surface area contributed by atoms with Crippen LogP contribution in [0.3, 0.4) is 0 Å². The fourth-order valence-electron chi connectivity index (χ4n) is 3.95. The molecule has 1 N–H and O–H groups in total. The van der Waals surface area contributed by atoms with Gasteiger partial charge < -0.3 is 9.73 Å². The Balaban J connectivity index is 1.29. The normalized spacial score (nSPS) is 20.7. The van der Waals surface area contributed by atoms with Gasteiger partial charge in [-0.05, 0) is 50.9 Å². The molecule has 1 aliphatic carbocycles. The van der Waals surface area contributed by atoms with Crippen LogP contribution in [0.5, 0.6) is 0 Å². The third-order valence-corrected chi connectivity index (χ3v) is 5.33. The lowest BCUT2D eigenvalue weighted by Gasteiger charge is -2.30. The predicted octanol–water partition coefficient (Wildman–Crippen LogP) is 3.07. The van der Waals surface area contributed by atoms with Gasteiger partial charge in [0.2, 0.25) is 5.91 Å². The summed E-state index contributed by atoms with van der Waals surface area (Å²) in [7, 11) is 0. The summed E-state index contributed by atoms with van der Waals surface area (Å²) in [5, 5.41) is 3.18. The number of fused-ring (bicyclic) bond motifs is 1. The largest absolute Gasteiger partial charge is 0.440 e. The Morgan fingerprint density at radius 1 is 1.17 bits per heavy atom. The molecule has 1 saturated carbocycles. The first kappa shape index (κ1) is 15.6. The van der Waals surface area contributed by atoms with Crippen LogP contribution in [0.1, 0.15) is 50.3 Å². The second-order valence-electron chi connectivity index (χ2n) is 7.12. The highest BCUT2D eigenvalue weighted by Gasteiger charge is 2.26. The predicted molar refractivity (Wildman–Crippen MR) is 92.8 cm³/mol. The van der Waals surface area contributed by atoms with Crippen LogP contribution in [0.25, 0.3) is 11.1 Å². The van der Waals surface area contributed by atoms with E-state index in [2.05, 4.69) is 15.2 Å². The maximum absolute atomic E-state index is 12.2. The zero-order chi connectivity index (χ0) is 16.4. The van der Waals surface area contributed by atoms with E-state index in [1.54, 1.807) is 0 Å². The minimum atomic E-state index is 0.183. The van der Waals surface area contributed by atoms with E-state index in [0.717, 1.165) is 55.8 Å². The number of amides is 1. The summed E-state index contributed by atoms with van der Waals surface area (Å²) in [5.41, 5.74) is 1.80. The van der Waals surface area contributed by atoms with Crippen LogP contribution in [0.15, 0.2) is 28.7 Å². The Kier molecular flexibility index (Phi) is 4.52. The quantitative estimate of drug-likeness (QED) is 0.937. The molecule has 0 atom stereocenters. The molecule has 0 spiro atoms. The number of aromatic nitrogens is 1. The first-order valence-electron chi connectivity index (χ1n) is 9.15. The van der Waals surface area contributed by atoms with Gasteiger partial charge in [0, 0.05) is 12.0 Å². The summed E-state index contributed by atoms with van der Waals surface area (Å²) in [6.45, 7) is 2.39. The number of oxazole rings is 1. The number of piperidine rings is 1. The van der Waals surface area contributed by atoms with Gasteiger partial charge >= 0.3 is 0 Å². The van der Waals surface area contributed by atoms with Crippen LogP contribution in [0, 0.1) is 0 Å². The second kappa shape index (κ2) is 6.93. The van der Waals surface area contributed by atoms with Crippen molar-refractivity contribution in [2.45, 2.75) is 50.5 Å². The van der Waals surface area contributed by atoms with Crippen molar-refractivity contribution >= 4 is 17.0 Å². The molecule has 1 amide bonds. The molecule has 1 saturated heterocycles. The van der Waals surface area contributed by atoms with Gasteiger partial charge in [0.15, 0.2) is 11.5 Å². The SMILES string of the molecule is O=C(CN1CCC(c2nc3ccccc3o2)CC1)NC1CCCC1. The molecule has 2 aromatic rings. The van der Waals surface area contributed by atoms with Crippen molar-refractivity contribution in [2.24, 2.45) is 0 Å². The number of rotatable bonds is 4. The maximum atomic E-state index is 12.2. The van der Waals surface area contributed by atoms with Crippen LogP contribution < -0.4 is 5.32 Å². The molecule has 0 unspecified atom stereocenters. The number of likely N-dealkylation sites (tertiary alicyclic amines) is 1. The molecule has 1 aromatic heterocycles. The van der Waals surface area contributed by atoms with Crippen LogP contribution in [-0.2, 0) is 4.79 Å². The fraction of sp³-hybridized carbons (Fsp3) is 0.579. The van der Waals surface area contributed by atoms with E-state index >= 15 is 0 Å². The molecule has 2 heterocycles. The van der Waals surface area contributed by atoms with Crippen molar-refractivity contribution in [3.8, 4) is 0 Å². The Morgan fingerprint density at radius 2 is 1.92 bits per heavy atom. The maximum Gasteiger partial charge on any atom is 0.234 e. The van der Waals surface area contributed by atoms with Gasteiger partial charge in [-0.2, -0.15) is 0 Å². The summed E-state index contributed by atoms with van der Waals surface area (Å²) in [6, 6.07) is 8.33. The van der Waals surface area contributed by atoms with Crippen molar-refractivity contribution in [1.82, 2.24) is 15.2 Å². The molecule has 1 aromatic carbocycles. The Bertz CT molecular complexity index is 664. The average Bonchev–Trinajstić information content (AvgIpc) is 3.24. The van der Waals surface area contributed by atoms with Gasteiger partial charge in [-0.1, -0.05) is 25.0 Å². The van der Waals surface area contributed by atoms with Crippen LogP contribution in [0.4, 0.5) is 0 Å². The Labute approximate surface area is 142 Å². The lowest BCUT2D eigenvalue weighted by atomic mass is 9.97. The van der Waals surface area contributed by atoms with Gasteiger partial charge in [-0.15, -0.1) is 0 Å². The minimum Gasteiger partial charge on any atom is -0.440 e. The van der Waals surface area contributed by atoms with Crippen LogP contribution in [0.2, 0.25) is 0 Å². The molecular formula is C19H25N3O2. The van der Waals surface area contributed by atoms with Crippen molar-refractivity contribution in [3.63, 3.8) is 0 Å².